The first-order valence-electron chi connectivity index (χ1n) is 7.74. The number of nitrogens with zero attached hydrogens (tertiary/aromatic N) is 1. The molecule has 106 valence electrons. The molecule has 0 aromatic carbocycles. The minimum absolute atomic E-state index is 0.268. The number of hydrogen-bond donors (Lipinski definition) is 1. The summed E-state index contributed by atoms with van der Waals surface area (Å²) in [5, 5.41) is 0. The molecule has 3 nitrogen and oxygen atoms in total. The van der Waals surface area contributed by atoms with E-state index in [9.17, 15) is 0 Å². The van der Waals surface area contributed by atoms with E-state index in [-0.39, 0.29) is 6.10 Å². The molecule has 2 aliphatic rings. The molecule has 1 aliphatic heterocycles. The van der Waals surface area contributed by atoms with Gasteiger partial charge < -0.3 is 10.5 Å². The second kappa shape index (κ2) is 6.88. The average Bonchev–Trinajstić information content (AvgIpc) is 2.38. The van der Waals surface area contributed by atoms with Crippen molar-refractivity contribution in [2.75, 3.05) is 26.2 Å². The molecule has 2 rings (SSSR count). The summed E-state index contributed by atoms with van der Waals surface area (Å²) in [5.41, 5.74) is 5.74. The number of ether oxygens (including phenoxy) is 1. The number of nitrogens with two attached hydrogens (primary N) is 1. The normalized spacial score (nSPS) is 35.0. The first-order chi connectivity index (χ1) is 8.69. The maximum Gasteiger partial charge on any atom is 0.0824 e. The van der Waals surface area contributed by atoms with Crippen molar-refractivity contribution in [2.45, 2.75) is 58.1 Å². The van der Waals surface area contributed by atoms with Gasteiger partial charge in [-0.1, -0.05) is 26.7 Å². The summed E-state index contributed by atoms with van der Waals surface area (Å²) in [7, 11) is 0. The molecule has 3 heteroatoms. The van der Waals surface area contributed by atoms with Gasteiger partial charge in [0.25, 0.3) is 0 Å². The van der Waals surface area contributed by atoms with E-state index in [1.807, 2.05) is 0 Å². The van der Waals surface area contributed by atoms with Crippen LogP contribution in [-0.2, 0) is 4.74 Å². The zero-order valence-electron chi connectivity index (χ0n) is 12.1. The Morgan fingerprint density at radius 2 is 2.17 bits per heavy atom. The predicted octanol–water partition coefficient (Wildman–Crippen LogP) is 2.25. The molecule has 3 atom stereocenters. The Bertz CT molecular complexity index is 245. The molecule has 0 amide bonds. The van der Waals surface area contributed by atoms with Crippen molar-refractivity contribution in [1.29, 1.82) is 0 Å². The quantitative estimate of drug-likeness (QED) is 0.836. The highest BCUT2D eigenvalue weighted by molar-refractivity contribution is 4.84. The van der Waals surface area contributed by atoms with Gasteiger partial charge in [-0.2, -0.15) is 0 Å². The van der Waals surface area contributed by atoms with Crippen LogP contribution < -0.4 is 5.73 Å². The average molecular weight is 254 g/mol. The molecule has 1 aliphatic carbocycles. The molecule has 2 fully saturated rings. The van der Waals surface area contributed by atoms with E-state index < -0.39 is 0 Å². The van der Waals surface area contributed by atoms with Crippen LogP contribution in [0.25, 0.3) is 0 Å². The maximum absolute atomic E-state index is 5.74. The molecule has 1 saturated carbocycles. The summed E-state index contributed by atoms with van der Waals surface area (Å²) in [6, 6.07) is 0.792. The third-order valence-electron chi connectivity index (χ3n) is 4.51. The summed E-state index contributed by atoms with van der Waals surface area (Å²) in [5.74, 6) is 1.79. The van der Waals surface area contributed by atoms with E-state index in [1.54, 1.807) is 0 Å². The standard InChI is InChI=1S/C15H30N2O/c1-12(2)8-13-4-3-5-14(9-13)17-6-7-18-15(10-16)11-17/h12-15H,3-11,16H2,1-2H3. The Hall–Kier alpha value is -0.120. The minimum Gasteiger partial charge on any atom is -0.374 e. The lowest BCUT2D eigenvalue weighted by atomic mass is 9.80. The molecule has 0 aromatic heterocycles. The van der Waals surface area contributed by atoms with Gasteiger partial charge in [-0.3, -0.25) is 4.90 Å². The monoisotopic (exact) mass is 254 g/mol. The fourth-order valence-corrected chi connectivity index (χ4v) is 3.69. The zero-order valence-corrected chi connectivity index (χ0v) is 12.1. The highest BCUT2D eigenvalue weighted by Crippen LogP contribution is 2.32. The summed E-state index contributed by atoms with van der Waals surface area (Å²) in [6.07, 6.45) is 7.30. The highest BCUT2D eigenvalue weighted by atomic mass is 16.5. The molecule has 0 spiro atoms. The van der Waals surface area contributed by atoms with Crippen LogP contribution in [-0.4, -0.2) is 43.3 Å². The van der Waals surface area contributed by atoms with Crippen molar-refractivity contribution in [1.82, 2.24) is 4.90 Å². The minimum atomic E-state index is 0.268. The molecule has 1 saturated heterocycles. The van der Waals surface area contributed by atoms with Gasteiger partial charge in [-0.05, 0) is 31.1 Å². The van der Waals surface area contributed by atoms with E-state index in [2.05, 4.69) is 18.7 Å². The van der Waals surface area contributed by atoms with Gasteiger partial charge in [-0.15, -0.1) is 0 Å². The van der Waals surface area contributed by atoms with Crippen LogP contribution in [0.4, 0.5) is 0 Å². The summed E-state index contributed by atoms with van der Waals surface area (Å²) < 4.78 is 5.67. The van der Waals surface area contributed by atoms with Crippen molar-refractivity contribution >= 4 is 0 Å². The lowest BCUT2D eigenvalue weighted by Crippen LogP contribution is -2.51. The van der Waals surface area contributed by atoms with E-state index in [0.717, 1.165) is 37.6 Å². The van der Waals surface area contributed by atoms with Gasteiger partial charge in [0.05, 0.1) is 12.7 Å². The number of hydrogen-bond acceptors (Lipinski definition) is 3. The Balaban J connectivity index is 1.84. The number of morpholine rings is 1. The SMILES string of the molecule is CC(C)CC1CCCC(N2CCOC(CN)C2)C1. The van der Waals surface area contributed by atoms with Gasteiger partial charge in [-0.25, -0.2) is 0 Å². The molecule has 3 unspecified atom stereocenters. The third-order valence-corrected chi connectivity index (χ3v) is 4.51. The molecule has 1 heterocycles. The van der Waals surface area contributed by atoms with Gasteiger partial charge in [0.2, 0.25) is 0 Å². The van der Waals surface area contributed by atoms with Gasteiger partial charge in [0, 0.05) is 25.7 Å². The fraction of sp³-hybridized carbons (Fsp3) is 1.00. The van der Waals surface area contributed by atoms with E-state index >= 15 is 0 Å². The highest BCUT2D eigenvalue weighted by Gasteiger charge is 2.30. The lowest BCUT2D eigenvalue weighted by molar-refractivity contribution is -0.0473. The van der Waals surface area contributed by atoms with Crippen molar-refractivity contribution in [3.8, 4) is 0 Å². The van der Waals surface area contributed by atoms with E-state index in [0.29, 0.717) is 6.54 Å². The topological polar surface area (TPSA) is 38.5 Å². The first-order valence-corrected chi connectivity index (χ1v) is 7.74. The van der Waals surface area contributed by atoms with Crippen LogP contribution in [0.15, 0.2) is 0 Å². The van der Waals surface area contributed by atoms with Gasteiger partial charge in [0.1, 0.15) is 0 Å². The Morgan fingerprint density at radius 1 is 1.33 bits per heavy atom. The summed E-state index contributed by atoms with van der Waals surface area (Å²) in [4.78, 5) is 2.65. The van der Waals surface area contributed by atoms with Crippen LogP contribution in [0.2, 0.25) is 0 Å². The molecular weight excluding hydrogens is 224 g/mol. The smallest absolute Gasteiger partial charge is 0.0824 e. The Morgan fingerprint density at radius 3 is 2.89 bits per heavy atom. The van der Waals surface area contributed by atoms with Gasteiger partial charge >= 0.3 is 0 Å². The first kappa shape index (κ1) is 14.3. The van der Waals surface area contributed by atoms with Crippen LogP contribution in [0.1, 0.15) is 46.0 Å². The van der Waals surface area contributed by atoms with E-state index in [1.165, 1.54) is 32.1 Å². The van der Waals surface area contributed by atoms with Crippen LogP contribution in [0, 0.1) is 11.8 Å². The molecule has 18 heavy (non-hydrogen) atoms. The van der Waals surface area contributed by atoms with E-state index in [4.69, 9.17) is 10.5 Å². The molecular formula is C15H30N2O. The van der Waals surface area contributed by atoms with Crippen LogP contribution in [0.5, 0.6) is 0 Å². The van der Waals surface area contributed by atoms with Gasteiger partial charge in [0.15, 0.2) is 0 Å². The Kier molecular flexibility index (Phi) is 5.46. The third kappa shape index (κ3) is 3.94. The zero-order chi connectivity index (χ0) is 13.0. The maximum atomic E-state index is 5.74. The lowest BCUT2D eigenvalue weighted by Gasteiger charge is -2.42. The largest absolute Gasteiger partial charge is 0.374 e. The van der Waals surface area contributed by atoms with Crippen molar-refractivity contribution in [3.63, 3.8) is 0 Å². The predicted molar refractivity (Wildman–Crippen MR) is 75.6 cm³/mol. The Labute approximate surface area is 112 Å². The molecule has 2 N–H and O–H groups in total. The second-order valence-electron chi connectivity index (χ2n) is 6.54. The van der Waals surface area contributed by atoms with Crippen molar-refractivity contribution < 1.29 is 4.74 Å². The molecule has 0 radical (unpaired) electrons. The van der Waals surface area contributed by atoms with Crippen LogP contribution in [0.3, 0.4) is 0 Å². The second-order valence-corrected chi connectivity index (χ2v) is 6.54. The summed E-state index contributed by atoms with van der Waals surface area (Å²) >= 11 is 0. The molecule has 0 aromatic rings. The summed E-state index contributed by atoms with van der Waals surface area (Å²) in [6.45, 7) is 8.39. The van der Waals surface area contributed by atoms with Crippen LogP contribution >= 0.6 is 0 Å². The van der Waals surface area contributed by atoms with Crippen molar-refractivity contribution in [2.24, 2.45) is 17.6 Å². The number of rotatable bonds is 4. The fourth-order valence-electron chi connectivity index (χ4n) is 3.69. The molecule has 0 bridgehead atoms. The van der Waals surface area contributed by atoms with Crippen molar-refractivity contribution in [3.05, 3.63) is 0 Å².